The number of aliphatic hydroxyl groups is 1. The van der Waals surface area contributed by atoms with Gasteiger partial charge in [0.05, 0.1) is 22.6 Å². The molecule has 1 aromatic carbocycles. The quantitative estimate of drug-likeness (QED) is 0.560. The van der Waals surface area contributed by atoms with Crippen LogP contribution < -0.4 is 10.4 Å². The summed E-state index contributed by atoms with van der Waals surface area (Å²) < 4.78 is 21.6. The molecule has 1 atom stereocenters. The standard InChI is InChI=1S/C18H18O7/c1-10(19)24-15(18(2,3)21)9-23-17-11-4-5-16(20)25-14(11)8-13-12(17)6-7-22-13/h4-8,15,21H,9H2,1-3H3/t15-/m0/s1. The van der Waals surface area contributed by atoms with Gasteiger partial charge in [-0.15, -0.1) is 0 Å². The van der Waals surface area contributed by atoms with Gasteiger partial charge >= 0.3 is 11.6 Å². The second kappa shape index (κ2) is 6.25. The second-order valence-corrected chi connectivity index (χ2v) is 6.27. The van der Waals surface area contributed by atoms with Gasteiger partial charge in [0.15, 0.2) is 6.10 Å². The molecule has 0 aliphatic heterocycles. The number of benzene rings is 1. The summed E-state index contributed by atoms with van der Waals surface area (Å²) in [4.78, 5) is 22.7. The van der Waals surface area contributed by atoms with E-state index in [1.165, 1.54) is 33.1 Å². The lowest BCUT2D eigenvalue weighted by molar-refractivity contribution is -0.162. The third-order valence-electron chi connectivity index (χ3n) is 3.78. The fraction of sp³-hybridized carbons (Fsp3) is 0.333. The van der Waals surface area contributed by atoms with Gasteiger partial charge in [-0.1, -0.05) is 0 Å². The van der Waals surface area contributed by atoms with Crippen molar-refractivity contribution in [1.29, 1.82) is 0 Å². The van der Waals surface area contributed by atoms with Crippen LogP contribution in [0.1, 0.15) is 20.8 Å². The molecule has 0 unspecified atom stereocenters. The van der Waals surface area contributed by atoms with E-state index in [0.717, 1.165) is 0 Å². The predicted molar refractivity (Wildman–Crippen MR) is 89.6 cm³/mol. The molecule has 7 heteroatoms. The molecule has 0 radical (unpaired) electrons. The molecule has 0 saturated carbocycles. The fourth-order valence-electron chi connectivity index (χ4n) is 2.51. The van der Waals surface area contributed by atoms with Crippen LogP contribution in [0.5, 0.6) is 5.75 Å². The lowest BCUT2D eigenvalue weighted by Crippen LogP contribution is -2.43. The van der Waals surface area contributed by atoms with E-state index in [0.29, 0.717) is 27.7 Å². The van der Waals surface area contributed by atoms with Crippen LogP contribution in [0, 0.1) is 0 Å². The van der Waals surface area contributed by atoms with Gasteiger partial charge < -0.3 is 23.4 Å². The van der Waals surface area contributed by atoms with Crippen molar-refractivity contribution in [1.82, 2.24) is 0 Å². The second-order valence-electron chi connectivity index (χ2n) is 6.27. The smallest absolute Gasteiger partial charge is 0.336 e. The molecule has 0 aliphatic rings. The molecular weight excluding hydrogens is 328 g/mol. The number of esters is 1. The average Bonchev–Trinajstić information content (AvgIpc) is 2.96. The third-order valence-corrected chi connectivity index (χ3v) is 3.78. The monoisotopic (exact) mass is 346 g/mol. The first-order chi connectivity index (χ1) is 11.8. The molecule has 0 saturated heterocycles. The molecular formula is C18H18O7. The number of rotatable bonds is 5. The van der Waals surface area contributed by atoms with Crippen molar-refractivity contribution in [3.8, 4) is 5.75 Å². The van der Waals surface area contributed by atoms with Gasteiger partial charge in [-0.2, -0.15) is 0 Å². The van der Waals surface area contributed by atoms with Crippen molar-refractivity contribution in [2.45, 2.75) is 32.5 Å². The number of ether oxygens (including phenoxy) is 2. The van der Waals surface area contributed by atoms with Gasteiger partial charge in [-0.3, -0.25) is 4.79 Å². The van der Waals surface area contributed by atoms with Crippen molar-refractivity contribution < 1.29 is 28.2 Å². The normalized spacial score (nSPS) is 13.1. The molecule has 25 heavy (non-hydrogen) atoms. The fourth-order valence-corrected chi connectivity index (χ4v) is 2.51. The van der Waals surface area contributed by atoms with Gasteiger partial charge in [0, 0.05) is 19.1 Å². The van der Waals surface area contributed by atoms with Crippen LogP contribution in [-0.2, 0) is 9.53 Å². The maximum atomic E-state index is 11.5. The number of fused-ring (bicyclic) bond motifs is 2. The molecule has 0 bridgehead atoms. The summed E-state index contributed by atoms with van der Waals surface area (Å²) >= 11 is 0. The topological polar surface area (TPSA) is 99.1 Å². The van der Waals surface area contributed by atoms with E-state index in [2.05, 4.69) is 0 Å². The zero-order valence-electron chi connectivity index (χ0n) is 14.1. The molecule has 0 aliphatic carbocycles. The Morgan fingerprint density at radius 1 is 1.24 bits per heavy atom. The molecule has 3 aromatic rings. The summed E-state index contributed by atoms with van der Waals surface area (Å²) in [7, 11) is 0. The summed E-state index contributed by atoms with van der Waals surface area (Å²) in [6, 6.07) is 6.22. The van der Waals surface area contributed by atoms with Crippen LogP contribution >= 0.6 is 0 Å². The Balaban J connectivity index is 2.02. The van der Waals surface area contributed by atoms with E-state index >= 15 is 0 Å². The minimum absolute atomic E-state index is 0.0817. The van der Waals surface area contributed by atoms with Crippen molar-refractivity contribution in [2.75, 3.05) is 6.61 Å². The number of carbonyl (C=O) groups excluding carboxylic acids is 1. The Labute approximate surface area is 142 Å². The Morgan fingerprint density at radius 2 is 1.96 bits per heavy atom. The molecule has 7 nitrogen and oxygen atoms in total. The minimum atomic E-state index is -1.29. The van der Waals surface area contributed by atoms with Crippen molar-refractivity contribution in [3.63, 3.8) is 0 Å². The molecule has 2 heterocycles. The van der Waals surface area contributed by atoms with Crippen molar-refractivity contribution >= 4 is 27.9 Å². The number of hydrogen-bond donors (Lipinski definition) is 1. The lowest BCUT2D eigenvalue weighted by Gasteiger charge is -2.28. The zero-order chi connectivity index (χ0) is 18.2. The summed E-state index contributed by atoms with van der Waals surface area (Å²) in [5, 5.41) is 11.4. The highest BCUT2D eigenvalue weighted by Gasteiger charge is 2.31. The SMILES string of the molecule is CC(=O)O[C@@H](COc1c2ccoc2cc2oc(=O)ccc12)C(C)(C)O. The first-order valence-corrected chi connectivity index (χ1v) is 7.72. The van der Waals surface area contributed by atoms with Gasteiger partial charge in [-0.25, -0.2) is 4.79 Å². The third kappa shape index (κ3) is 3.51. The van der Waals surface area contributed by atoms with Gasteiger partial charge in [0.2, 0.25) is 0 Å². The summed E-state index contributed by atoms with van der Waals surface area (Å²) in [5.74, 6) is -0.0977. The first kappa shape index (κ1) is 17.0. The molecule has 1 N–H and O–H groups in total. The molecule has 3 rings (SSSR count). The summed E-state index contributed by atoms with van der Waals surface area (Å²) in [6.45, 7) is 4.24. The highest BCUT2D eigenvalue weighted by atomic mass is 16.6. The van der Waals surface area contributed by atoms with Crippen LogP contribution in [0.15, 0.2) is 44.2 Å². The molecule has 132 valence electrons. The van der Waals surface area contributed by atoms with E-state index in [-0.39, 0.29) is 6.61 Å². The van der Waals surface area contributed by atoms with Gasteiger partial charge in [0.25, 0.3) is 0 Å². The highest BCUT2D eigenvalue weighted by molar-refractivity contribution is 6.01. The number of furan rings is 1. The summed E-state index contributed by atoms with van der Waals surface area (Å²) in [6.07, 6.45) is 0.617. The van der Waals surface area contributed by atoms with Crippen molar-refractivity contribution in [3.05, 3.63) is 40.9 Å². The van der Waals surface area contributed by atoms with Gasteiger partial charge in [0.1, 0.15) is 23.5 Å². The maximum absolute atomic E-state index is 11.5. The highest BCUT2D eigenvalue weighted by Crippen LogP contribution is 2.35. The molecule has 0 spiro atoms. The average molecular weight is 346 g/mol. The van der Waals surface area contributed by atoms with Crippen LogP contribution in [-0.4, -0.2) is 29.4 Å². The first-order valence-electron chi connectivity index (χ1n) is 7.72. The van der Waals surface area contributed by atoms with Crippen LogP contribution in [0.25, 0.3) is 21.9 Å². The Kier molecular flexibility index (Phi) is 4.26. The van der Waals surface area contributed by atoms with E-state index in [4.69, 9.17) is 18.3 Å². The molecule has 2 aromatic heterocycles. The Bertz CT molecular complexity index is 974. The van der Waals surface area contributed by atoms with E-state index in [9.17, 15) is 14.7 Å². The lowest BCUT2D eigenvalue weighted by atomic mass is 10.0. The molecule has 0 fully saturated rings. The Hall–Kier alpha value is -2.80. The van der Waals surface area contributed by atoms with Crippen molar-refractivity contribution in [2.24, 2.45) is 0 Å². The van der Waals surface area contributed by atoms with Crippen LogP contribution in [0.3, 0.4) is 0 Å². The van der Waals surface area contributed by atoms with Crippen LogP contribution in [0.2, 0.25) is 0 Å². The van der Waals surface area contributed by atoms with E-state index < -0.39 is 23.3 Å². The molecule has 0 amide bonds. The van der Waals surface area contributed by atoms with E-state index in [1.807, 2.05) is 0 Å². The van der Waals surface area contributed by atoms with Gasteiger partial charge in [-0.05, 0) is 26.0 Å². The zero-order valence-corrected chi connectivity index (χ0v) is 14.1. The predicted octanol–water partition coefficient (Wildman–Crippen LogP) is 2.62. The maximum Gasteiger partial charge on any atom is 0.336 e. The minimum Gasteiger partial charge on any atom is -0.488 e. The van der Waals surface area contributed by atoms with Crippen LogP contribution in [0.4, 0.5) is 0 Å². The van der Waals surface area contributed by atoms with E-state index in [1.54, 1.807) is 18.2 Å². The summed E-state index contributed by atoms with van der Waals surface area (Å²) in [5.41, 5.74) is -0.974. The number of carbonyl (C=O) groups is 1. The largest absolute Gasteiger partial charge is 0.488 e. The Morgan fingerprint density at radius 3 is 2.64 bits per heavy atom. The number of hydrogen-bond acceptors (Lipinski definition) is 7.